The first-order valence-electron chi connectivity index (χ1n) is 8.15. The lowest BCUT2D eigenvalue weighted by Gasteiger charge is -2.44. The van der Waals surface area contributed by atoms with Crippen LogP contribution in [-0.2, 0) is 10.3 Å². The monoisotopic (exact) mass is 402 g/mol. The molecule has 0 aliphatic carbocycles. The van der Waals surface area contributed by atoms with E-state index in [0.717, 1.165) is 34.1 Å². The first kappa shape index (κ1) is 16.2. The van der Waals surface area contributed by atoms with Crippen molar-refractivity contribution in [1.29, 1.82) is 0 Å². The fraction of sp³-hybridized carbons (Fsp3) is 0.316. The normalized spacial score (nSPS) is 26.4. The molecular weight excluding hydrogens is 384 g/mol. The van der Waals surface area contributed by atoms with Gasteiger partial charge in [0.1, 0.15) is 5.54 Å². The molecule has 2 atom stereocenters. The van der Waals surface area contributed by atoms with Crippen molar-refractivity contribution in [1.82, 2.24) is 0 Å². The molecule has 4 rings (SSSR count). The second-order valence-corrected chi connectivity index (χ2v) is 8.12. The maximum absolute atomic E-state index is 5.88. The molecule has 0 amide bonds. The van der Waals surface area contributed by atoms with Crippen LogP contribution in [0.15, 0.2) is 64.1 Å². The third-order valence-electron chi connectivity index (χ3n) is 4.68. The fourth-order valence-corrected chi connectivity index (χ4v) is 5.02. The van der Waals surface area contributed by atoms with Gasteiger partial charge in [0.15, 0.2) is 5.17 Å². The molecule has 0 bridgehead atoms. The van der Waals surface area contributed by atoms with Crippen LogP contribution in [0.2, 0.25) is 0 Å². The molecule has 1 saturated heterocycles. The number of rotatable bonds is 2. The van der Waals surface area contributed by atoms with Gasteiger partial charge in [0.05, 0.1) is 6.61 Å². The summed E-state index contributed by atoms with van der Waals surface area (Å²) in [5, 5.41) is 4.44. The van der Waals surface area contributed by atoms with Gasteiger partial charge in [-0.05, 0) is 36.2 Å². The molecule has 24 heavy (non-hydrogen) atoms. The van der Waals surface area contributed by atoms with Crippen LogP contribution in [0.1, 0.15) is 12.0 Å². The van der Waals surface area contributed by atoms with Gasteiger partial charge < -0.3 is 10.1 Å². The molecule has 0 aromatic heterocycles. The Morgan fingerprint density at radius 3 is 2.88 bits per heavy atom. The molecule has 0 saturated carbocycles. The summed E-state index contributed by atoms with van der Waals surface area (Å²) < 4.78 is 6.96. The Balaban J connectivity index is 1.72. The molecule has 3 nitrogen and oxygen atoms in total. The van der Waals surface area contributed by atoms with Crippen molar-refractivity contribution in [3.05, 3.63) is 64.6 Å². The summed E-state index contributed by atoms with van der Waals surface area (Å²) in [6.45, 7) is 1.48. The second kappa shape index (κ2) is 6.90. The van der Waals surface area contributed by atoms with Crippen LogP contribution < -0.4 is 5.32 Å². The number of hydrogen-bond acceptors (Lipinski definition) is 4. The van der Waals surface area contributed by atoms with E-state index in [9.17, 15) is 0 Å². The molecule has 2 heterocycles. The Hall–Kier alpha value is -1.30. The predicted molar refractivity (Wildman–Crippen MR) is 105 cm³/mol. The lowest BCUT2D eigenvalue weighted by atomic mass is 9.77. The number of para-hydroxylation sites is 1. The molecule has 1 N–H and O–H groups in total. The van der Waals surface area contributed by atoms with E-state index in [1.165, 1.54) is 5.56 Å². The van der Waals surface area contributed by atoms with Crippen molar-refractivity contribution in [2.75, 3.05) is 24.3 Å². The number of thioether (sulfide) groups is 1. The van der Waals surface area contributed by atoms with Crippen molar-refractivity contribution in [2.24, 2.45) is 10.9 Å². The highest BCUT2D eigenvalue weighted by atomic mass is 79.9. The quantitative estimate of drug-likeness (QED) is 0.775. The van der Waals surface area contributed by atoms with Gasteiger partial charge in [0.25, 0.3) is 0 Å². The minimum Gasteiger partial charge on any atom is -0.379 e. The van der Waals surface area contributed by atoms with Crippen molar-refractivity contribution in [3.63, 3.8) is 0 Å². The second-order valence-electron chi connectivity index (χ2n) is 6.19. The van der Waals surface area contributed by atoms with E-state index in [4.69, 9.17) is 9.73 Å². The lowest BCUT2D eigenvalue weighted by molar-refractivity contribution is 0.00456. The Bertz CT molecular complexity index is 752. The van der Waals surface area contributed by atoms with Gasteiger partial charge in [-0.15, -0.1) is 0 Å². The van der Waals surface area contributed by atoms with Gasteiger partial charge in [0.2, 0.25) is 0 Å². The number of fused-ring (bicyclic) bond motifs is 1. The zero-order valence-corrected chi connectivity index (χ0v) is 15.6. The number of amidine groups is 1. The van der Waals surface area contributed by atoms with Gasteiger partial charge in [0, 0.05) is 28.4 Å². The molecule has 2 aliphatic heterocycles. The summed E-state index contributed by atoms with van der Waals surface area (Å²) in [7, 11) is 0. The highest BCUT2D eigenvalue weighted by Crippen LogP contribution is 2.45. The van der Waals surface area contributed by atoms with Gasteiger partial charge in [-0.1, -0.05) is 58.0 Å². The van der Waals surface area contributed by atoms with Gasteiger partial charge >= 0.3 is 0 Å². The maximum Gasteiger partial charge on any atom is 0.162 e. The fourth-order valence-electron chi connectivity index (χ4n) is 3.40. The van der Waals surface area contributed by atoms with E-state index in [2.05, 4.69) is 57.6 Å². The molecular formula is C19H19BrN2OS. The predicted octanol–water partition coefficient (Wildman–Crippen LogP) is 4.90. The first-order valence-corrected chi connectivity index (χ1v) is 9.93. The van der Waals surface area contributed by atoms with Crippen molar-refractivity contribution < 1.29 is 4.74 Å². The summed E-state index contributed by atoms with van der Waals surface area (Å²) in [5.74, 6) is 1.57. The molecule has 1 fully saturated rings. The number of aliphatic imine (C=N–C) groups is 1. The van der Waals surface area contributed by atoms with E-state index in [1.807, 2.05) is 30.0 Å². The highest BCUT2D eigenvalue weighted by molar-refractivity contribution is 9.10. The number of benzene rings is 2. The average Bonchev–Trinajstić information content (AvgIpc) is 2.62. The van der Waals surface area contributed by atoms with Gasteiger partial charge in [-0.25, -0.2) is 4.99 Å². The Morgan fingerprint density at radius 1 is 1.17 bits per heavy atom. The van der Waals surface area contributed by atoms with Crippen LogP contribution in [-0.4, -0.2) is 24.1 Å². The largest absolute Gasteiger partial charge is 0.379 e. The number of ether oxygens (including phenoxy) is 1. The van der Waals surface area contributed by atoms with Crippen molar-refractivity contribution in [3.8, 4) is 0 Å². The third kappa shape index (κ3) is 3.13. The summed E-state index contributed by atoms with van der Waals surface area (Å²) in [6.07, 6.45) is 1.06. The summed E-state index contributed by atoms with van der Waals surface area (Å²) in [5.41, 5.74) is 2.02. The minimum absolute atomic E-state index is 0.287. The van der Waals surface area contributed by atoms with Crippen molar-refractivity contribution in [2.45, 2.75) is 12.0 Å². The topological polar surface area (TPSA) is 33.6 Å². The number of nitrogens with zero attached hydrogens (tertiary/aromatic N) is 1. The van der Waals surface area contributed by atoms with E-state index in [-0.39, 0.29) is 5.54 Å². The van der Waals surface area contributed by atoms with Crippen LogP contribution in [0.4, 0.5) is 5.69 Å². The Kier molecular flexibility index (Phi) is 4.66. The average molecular weight is 403 g/mol. The van der Waals surface area contributed by atoms with Crippen LogP contribution in [0.3, 0.4) is 0 Å². The number of hydrogen-bond donors (Lipinski definition) is 1. The SMILES string of the molecule is Brc1cccc(C23COCCC2CSC(Nc2ccccc2)=N3)c1. The van der Waals surface area contributed by atoms with E-state index < -0.39 is 0 Å². The van der Waals surface area contributed by atoms with E-state index in [1.54, 1.807) is 0 Å². The van der Waals surface area contributed by atoms with Crippen LogP contribution in [0.25, 0.3) is 0 Å². The van der Waals surface area contributed by atoms with Crippen LogP contribution >= 0.6 is 27.7 Å². The molecule has 2 aromatic rings. The smallest absolute Gasteiger partial charge is 0.162 e. The minimum atomic E-state index is -0.287. The van der Waals surface area contributed by atoms with E-state index in [0.29, 0.717) is 12.5 Å². The number of nitrogens with one attached hydrogen (secondary N) is 1. The van der Waals surface area contributed by atoms with Crippen molar-refractivity contribution >= 4 is 38.5 Å². The molecule has 0 radical (unpaired) electrons. The summed E-state index contributed by atoms with van der Waals surface area (Å²) >= 11 is 5.41. The Labute approximate surface area is 155 Å². The number of halogens is 1. The maximum atomic E-state index is 5.88. The summed E-state index contributed by atoms with van der Waals surface area (Å²) in [4.78, 5) is 5.16. The van der Waals surface area contributed by atoms with Gasteiger partial charge in [-0.3, -0.25) is 0 Å². The number of anilines is 1. The lowest BCUT2D eigenvalue weighted by Crippen LogP contribution is -2.47. The zero-order chi connectivity index (χ0) is 16.4. The molecule has 2 unspecified atom stereocenters. The molecule has 2 aliphatic rings. The standard InChI is InChI=1S/C19H19BrN2OS/c20-16-6-4-5-14(11-16)19-13-23-10-9-15(19)12-24-18(22-19)21-17-7-2-1-3-8-17/h1-8,11,15H,9-10,12-13H2,(H,21,22). The van der Waals surface area contributed by atoms with Crippen LogP contribution in [0.5, 0.6) is 0 Å². The third-order valence-corrected chi connectivity index (χ3v) is 6.21. The Morgan fingerprint density at radius 2 is 2.04 bits per heavy atom. The molecule has 2 aromatic carbocycles. The summed E-state index contributed by atoms with van der Waals surface area (Å²) in [6, 6.07) is 18.7. The molecule has 0 spiro atoms. The first-order chi connectivity index (χ1) is 11.8. The molecule has 5 heteroatoms. The van der Waals surface area contributed by atoms with E-state index >= 15 is 0 Å². The van der Waals surface area contributed by atoms with Gasteiger partial charge in [-0.2, -0.15) is 0 Å². The zero-order valence-electron chi connectivity index (χ0n) is 13.2. The highest BCUT2D eigenvalue weighted by Gasteiger charge is 2.46. The van der Waals surface area contributed by atoms with Crippen LogP contribution in [0, 0.1) is 5.92 Å². The molecule has 124 valence electrons.